The Morgan fingerprint density at radius 2 is 1.95 bits per heavy atom. The van der Waals surface area contributed by atoms with Crippen LogP contribution in [0.1, 0.15) is 43.6 Å². The Hall–Kier alpha value is -1.08. The van der Waals surface area contributed by atoms with Gasteiger partial charge in [-0.25, -0.2) is 0 Å². The van der Waals surface area contributed by atoms with E-state index in [2.05, 4.69) is 9.84 Å². The maximum atomic E-state index is 12.1. The largest absolute Gasteiger partial charge is 0.522 e. The van der Waals surface area contributed by atoms with Crippen LogP contribution in [-0.4, -0.2) is 27.8 Å². The van der Waals surface area contributed by atoms with E-state index < -0.39 is 12.5 Å². The highest BCUT2D eigenvalue weighted by Crippen LogP contribution is 2.63. The molecule has 4 fully saturated rings. The molecule has 7 heteroatoms. The fourth-order valence-electron chi connectivity index (χ4n) is 3.98. The summed E-state index contributed by atoms with van der Waals surface area (Å²) < 4.78 is 42.2. The molecule has 1 aromatic rings. The fourth-order valence-corrected chi connectivity index (χ4v) is 3.98. The van der Waals surface area contributed by atoms with Crippen molar-refractivity contribution in [1.29, 1.82) is 0 Å². The molecule has 2 bridgehead atoms. The molecule has 0 atom stereocenters. The lowest BCUT2D eigenvalue weighted by Crippen LogP contribution is -2.76. The van der Waals surface area contributed by atoms with Gasteiger partial charge in [-0.3, -0.25) is 9.42 Å². The Labute approximate surface area is 114 Å². The number of ether oxygens (including phenoxy) is 1. The number of rotatable bonds is 3. The van der Waals surface area contributed by atoms with Crippen molar-refractivity contribution in [2.24, 2.45) is 5.73 Å². The van der Waals surface area contributed by atoms with E-state index in [1.807, 2.05) is 10.9 Å². The van der Waals surface area contributed by atoms with Crippen LogP contribution in [0.4, 0.5) is 13.2 Å². The highest BCUT2D eigenvalue weighted by atomic mass is 19.4. The van der Waals surface area contributed by atoms with Gasteiger partial charge in [0.25, 0.3) is 0 Å². The summed E-state index contributed by atoms with van der Waals surface area (Å²) in [6.07, 6.45) is 2.25. The van der Waals surface area contributed by atoms with E-state index in [-0.39, 0.29) is 17.0 Å². The lowest BCUT2D eigenvalue weighted by Gasteiger charge is -2.68. The molecule has 110 valence electrons. The summed E-state index contributed by atoms with van der Waals surface area (Å²) >= 11 is 0. The summed E-state index contributed by atoms with van der Waals surface area (Å²) in [5.74, 6) is 0.135. The van der Waals surface area contributed by atoms with Gasteiger partial charge in [0.15, 0.2) is 0 Å². The molecule has 0 spiro atoms. The van der Waals surface area contributed by atoms with Crippen molar-refractivity contribution in [1.82, 2.24) is 9.78 Å². The van der Waals surface area contributed by atoms with Gasteiger partial charge in [0.2, 0.25) is 0 Å². The van der Waals surface area contributed by atoms with Gasteiger partial charge in [0.05, 0.1) is 17.8 Å². The predicted molar refractivity (Wildman–Crippen MR) is 63.9 cm³/mol. The van der Waals surface area contributed by atoms with E-state index in [4.69, 9.17) is 5.73 Å². The van der Waals surface area contributed by atoms with Crippen molar-refractivity contribution in [3.63, 3.8) is 0 Å². The third-order valence-corrected chi connectivity index (χ3v) is 5.00. The summed E-state index contributed by atoms with van der Waals surface area (Å²) in [6, 6.07) is 0. The SMILES string of the molecule is NC12CC(n3cc(C4CC(OC(F)(F)F)C4)cn3)(C1)C2. The van der Waals surface area contributed by atoms with Gasteiger partial charge in [-0.1, -0.05) is 0 Å². The first-order chi connectivity index (χ1) is 9.27. The summed E-state index contributed by atoms with van der Waals surface area (Å²) in [5.41, 5.74) is 7.16. The zero-order chi connectivity index (χ0) is 14.2. The molecule has 2 N–H and O–H groups in total. The Morgan fingerprint density at radius 1 is 1.30 bits per heavy atom. The highest BCUT2D eigenvalue weighted by Gasteiger charge is 2.67. The molecule has 0 aliphatic heterocycles. The minimum Gasteiger partial charge on any atom is -0.325 e. The number of hydrogen-bond donors (Lipinski definition) is 1. The van der Waals surface area contributed by atoms with Crippen LogP contribution in [0.15, 0.2) is 12.4 Å². The van der Waals surface area contributed by atoms with Crippen LogP contribution in [0.25, 0.3) is 0 Å². The second kappa shape index (κ2) is 3.57. The highest BCUT2D eigenvalue weighted by molar-refractivity contribution is 5.27. The lowest BCUT2D eigenvalue weighted by atomic mass is 9.44. The topological polar surface area (TPSA) is 53.1 Å². The first kappa shape index (κ1) is 12.6. The number of alkyl halides is 3. The summed E-state index contributed by atoms with van der Waals surface area (Å²) in [7, 11) is 0. The van der Waals surface area contributed by atoms with Crippen LogP contribution in [0, 0.1) is 0 Å². The predicted octanol–water partition coefficient (Wildman–Crippen LogP) is 2.26. The van der Waals surface area contributed by atoms with E-state index in [1.54, 1.807) is 6.20 Å². The minimum absolute atomic E-state index is 0.0221. The van der Waals surface area contributed by atoms with Crippen molar-refractivity contribution < 1.29 is 17.9 Å². The van der Waals surface area contributed by atoms with Gasteiger partial charge in [0.1, 0.15) is 0 Å². The van der Waals surface area contributed by atoms with Crippen molar-refractivity contribution in [2.45, 2.75) is 61.6 Å². The minimum atomic E-state index is -4.53. The molecule has 1 aromatic heterocycles. The summed E-state index contributed by atoms with van der Waals surface area (Å²) in [5, 5.41) is 4.38. The maximum absolute atomic E-state index is 12.1. The molecule has 0 unspecified atom stereocenters. The zero-order valence-corrected chi connectivity index (χ0v) is 10.9. The van der Waals surface area contributed by atoms with Gasteiger partial charge in [-0.05, 0) is 43.6 Å². The molecular weight excluding hydrogens is 271 g/mol. The standard InChI is InChI=1S/C13H16F3N3O/c14-13(15,16)20-10-1-8(2-10)9-3-18-19(4-9)12-5-11(17,6-12)7-12/h3-4,8,10H,1-2,5-7,17H2. The molecule has 20 heavy (non-hydrogen) atoms. The second-order valence-electron chi connectivity index (χ2n) is 6.69. The molecule has 0 radical (unpaired) electrons. The van der Waals surface area contributed by atoms with Crippen LogP contribution in [-0.2, 0) is 10.3 Å². The molecule has 0 amide bonds. The molecule has 0 aromatic carbocycles. The first-order valence-corrected chi connectivity index (χ1v) is 6.86. The van der Waals surface area contributed by atoms with E-state index in [1.165, 1.54) is 0 Å². The Bertz CT molecular complexity index is 528. The molecule has 4 aliphatic carbocycles. The monoisotopic (exact) mass is 287 g/mol. The van der Waals surface area contributed by atoms with Gasteiger partial charge in [-0.15, -0.1) is 13.2 Å². The van der Waals surface area contributed by atoms with Crippen LogP contribution in [0.2, 0.25) is 0 Å². The molecule has 4 saturated carbocycles. The number of nitrogens with two attached hydrogens (primary N) is 1. The van der Waals surface area contributed by atoms with Crippen molar-refractivity contribution in [3.8, 4) is 0 Å². The molecular formula is C13H16F3N3O. The van der Waals surface area contributed by atoms with Crippen LogP contribution >= 0.6 is 0 Å². The van der Waals surface area contributed by atoms with Crippen LogP contribution in [0.3, 0.4) is 0 Å². The Balaban J connectivity index is 1.37. The average molecular weight is 287 g/mol. The van der Waals surface area contributed by atoms with Gasteiger partial charge < -0.3 is 5.73 Å². The summed E-state index contributed by atoms with van der Waals surface area (Å²) in [4.78, 5) is 0. The number of halogens is 3. The molecule has 4 nitrogen and oxygen atoms in total. The van der Waals surface area contributed by atoms with E-state index in [9.17, 15) is 13.2 Å². The Morgan fingerprint density at radius 3 is 2.50 bits per heavy atom. The first-order valence-electron chi connectivity index (χ1n) is 6.86. The van der Waals surface area contributed by atoms with Crippen LogP contribution in [0.5, 0.6) is 0 Å². The van der Waals surface area contributed by atoms with Gasteiger partial charge in [0, 0.05) is 11.7 Å². The van der Waals surface area contributed by atoms with Crippen molar-refractivity contribution >= 4 is 0 Å². The van der Waals surface area contributed by atoms with Crippen molar-refractivity contribution in [3.05, 3.63) is 18.0 Å². The van der Waals surface area contributed by atoms with Gasteiger partial charge in [-0.2, -0.15) is 5.10 Å². The van der Waals surface area contributed by atoms with Crippen LogP contribution < -0.4 is 5.73 Å². The molecule has 1 heterocycles. The average Bonchev–Trinajstić information content (AvgIpc) is 2.64. The number of aromatic nitrogens is 2. The van der Waals surface area contributed by atoms with Gasteiger partial charge >= 0.3 is 6.36 Å². The smallest absolute Gasteiger partial charge is 0.325 e. The fraction of sp³-hybridized carbons (Fsp3) is 0.769. The molecule has 5 rings (SSSR count). The normalized spacial score (nSPS) is 42.6. The zero-order valence-electron chi connectivity index (χ0n) is 10.9. The second-order valence-corrected chi connectivity index (χ2v) is 6.69. The van der Waals surface area contributed by atoms with Crippen molar-refractivity contribution in [2.75, 3.05) is 0 Å². The van der Waals surface area contributed by atoms with E-state index in [0.29, 0.717) is 12.8 Å². The third-order valence-electron chi connectivity index (χ3n) is 5.00. The van der Waals surface area contributed by atoms with E-state index >= 15 is 0 Å². The summed E-state index contributed by atoms with van der Waals surface area (Å²) in [6.45, 7) is 0. The van der Waals surface area contributed by atoms with E-state index in [0.717, 1.165) is 24.8 Å². The quantitative estimate of drug-likeness (QED) is 0.927. The Kier molecular flexibility index (Phi) is 2.26. The number of hydrogen-bond acceptors (Lipinski definition) is 3. The molecule has 0 saturated heterocycles. The molecule has 4 aliphatic rings. The maximum Gasteiger partial charge on any atom is 0.522 e. The third kappa shape index (κ3) is 1.79. The number of nitrogens with zero attached hydrogens (tertiary/aromatic N) is 2. The lowest BCUT2D eigenvalue weighted by molar-refractivity contribution is -0.351.